The molecule has 26 heavy (non-hydrogen) atoms. The molecule has 1 N–H and O–H groups in total. The number of nitrogens with one attached hydrogen (secondary N) is 1. The molecule has 8 heteroatoms. The number of hydrogen-bond donors (Lipinski definition) is 1. The van der Waals surface area contributed by atoms with E-state index in [0.29, 0.717) is 23.3 Å². The minimum atomic E-state index is -0.935. The second-order valence-electron chi connectivity index (χ2n) is 6.60. The number of amides is 1. The predicted molar refractivity (Wildman–Crippen MR) is 89.9 cm³/mol. The molecule has 0 saturated heterocycles. The number of nitrogens with zero attached hydrogens (tertiary/aromatic N) is 1. The molecule has 0 fully saturated rings. The van der Waals surface area contributed by atoms with Gasteiger partial charge >= 0.3 is 5.97 Å². The number of benzene rings is 1. The van der Waals surface area contributed by atoms with Crippen LogP contribution in [-0.2, 0) is 19.1 Å². The topological polar surface area (TPSA) is 116 Å². The lowest BCUT2D eigenvalue weighted by molar-refractivity contribution is -0.384. The maximum atomic E-state index is 13.0. The highest BCUT2D eigenvalue weighted by Gasteiger charge is 2.45. The van der Waals surface area contributed by atoms with Crippen LogP contribution in [-0.4, -0.2) is 29.7 Å². The van der Waals surface area contributed by atoms with Crippen LogP contribution in [0.4, 0.5) is 5.69 Å². The molecule has 136 valence electrons. The van der Waals surface area contributed by atoms with Gasteiger partial charge in [0.15, 0.2) is 5.78 Å². The molecule has 0 aromatic heterocycles. The van der Waals surface area contributed by atoms with Crippen LogP contribution in [0.15, 0.2) is 35.5 Å². The number of nitro benzene ring substituents is 1. The Balaban J connectivity index is 2.09. The number of ketones is 1. The van der Waals surface area contributed by atoms with Gasteiger partial charge in [-0.3, -0.25) is 24.5 Å². The van der Waals surface area contributed by atoms with Crippen molar-refractivity contribution in [2.45, 2.75) is 25.7 Å². The Morgan fingerprint density at radius 3 is 2.69 bits per heavy atom. The number of rotatable bonds is 3. The molecule has 0 unspecified atom stereocenters. The molecular weight excluding hydrogens is 340 g/mol. The van der Waals surface area contributed by atoms with E-state index in [0.717, 1.165) is 0 Å². The number of esters is 1. The van der Waals surface area contributed by atoms with Crippen LogP contribution < -0.4 is 5.32 Å². The van der Waals surface area contributed by atoms with Crippen LogP contribution >= 0.6 is 0 Å². The van der Waals surface area contributed by atoms with Gasteiger partial charge in [0, 0.05) is 35.7 Å². The van der Waals surface area contributed by atoms with Gasteiger partial charge in [0.05, 0.1) is 12.0 Å². The third-order valence-corrected chi connectivity index (χ3v) is 4.93. The zero-order valence-electron chi connectivity index (χ0n) is 14.4. The summed E-state index contributed by atoms with van der Waals surface area (Å²) in [7, 11) is 1.23. The number of methoxy groups -OCH3 is 1. The third-order valence-electron chi connectivity index (χ3n) is 4.93. The second-order valence-corrected chi connectivity index (χ2v) is 6.60. The van der Waals surface area contributed by atoms with Gasteiger partial charge in [-0.25, -0.2) is 0 Å². The minimum Gasteiger partial charge on any atom is -0.468 e. The summed E-state index contributed by atoms with van der Waals surface area (Å²) in [5.74, 6) is -3.11. The molecule has 0 radical (unpaired) electrons. The Morgan fingerprint density at radius 1 is 1.31 bits per heavy atom. The summed E-state index contributed by atoms with van der Waals surface area (Å²) in [6, 6.07) is 5.89. The van der Waals surface area contributed by atoms with E-state index < -0.39 is 22.7 Å². The first-order chi connectivity index (χ1) is 12.3. The monoisotopic (exact) mass is 358 g/mol. The van der Waals surface area contributed by atoms with E-state index in [1.54, 1.807) is 13.0 Å². The molecule has 3 atom stereocenters. The smallest absolute Gasteiger partial charge is 0.316 e. The largest absolute Gasteiger partial charge is 0.468 e. The van der Waals surface area contributed by atoms with Crippen LogP contribution in [0.1, 0.15) is 31.2 Å². The quantitative estimate of drug-likeness (QED) is 0.381. The van der Waals surface area contributed by atoms with E-state index in [2.05, 4.69) is 5.32 Å². The fourth-order valence-corrected chi connectivity index (χ4v) is 3.74. The Kier molecular flexibility index (Phi) is 4.58. The number of Topliss-reactive ketones (excluding diaryl/α,β-unsaturated/α-hetero) is 1. The summed E-state index contributed by atoms with van der Waals surface area (Å²) >= 11 is 0. The fraction of sp³-hybridized carbons (Fsp3) is 0.389. The zero-order valence-corrected chi connectivity index (χ0v) is 14.4. The molecule has 1 aliphatic heterocycles. The standard InChI is InChI=1S/C18H18N2O6/c1-9-6-13-16(17(22)15(9)18(23)26-2)12(8-14(21)19-13)10-4-3-5-11(7-10)20(24)25/h3-5,7,9,12,15H,6,8H2,1-2H3,(H,19,21)/t9-,12+,15+/m1/s1. The van der Waals surface area contributed by atoms with Crippen LogP contribution in [0.25, 0.3) is 0 Å². The van der Waals surface area contributed by atoms with Gasteiger partial charge < -0.3 is 10.1 Å². The lowest BCUT2D eigenvalue weighted by atomic mass is 9.70. The summed E-state index contributed by atoms with van der Waals surface area (Å²) in [4.78, 5) is 47.8. The van der Waals surface area contributed by atoms with Crippen LogP contribution in [0.5, 0.6) is 0 Å². The maximum Gasteiger partial charge on any atom is 0.316 e. The van der Waals surface area contributed by atoms with E-state index in [1.807, 2.05) is 0 Å². The van der Waals surface area contributed by atoms with Gasteiger partial charge in [-0.2, -0.15) is 0 Å². The maximum absolute atomic E-state index is 13.0. The van der Waals surface area contributed by atoms with Gasteiger partial charge in [-0.05, 0) is 17.9 Å². The Morgan fingerprint density at radius 2 is 2.04 bits per heavy atom. The van der Waals surface area contributed by atoms with Gasteiger partial charge in [0.1, 0.15) is 5.92 Å². The number of carbonyl (C=O) groups is 3. The average molecular weight is 358 g/mol. The van der Waals surface area contributed by atoms with Crippen molar-refractivity contribution in [3.05, 3.63) is 51.2 Å². The average Bonchev–Trinajstić information content (AvgIpc) is 2.60. The summed E-state index contributed by atoms with van der Waals surface area (Å²) in [5.41, 5.74) is 1.24. The highest BCUT2D eigenvalue weighted by atomic mass is 16.6. The molecule has 3 rings (SSSR count). The number of carbonyl (C=O) groups excluding carboxylic acids is 3. The Hall–Kier alpha value is -3.03. The first-order valence-corrected chi connectivity index (χ1v) is 8.22. The van der Waals surface area contributed by atoms with Crippen molar-refractivity contribution in [2.24, 2.45) is 11.8 Å². The van der Waals surface area contributed by atoms with E-state index in [-0.39, 0.29) is 29.7 Å². The van der Waals surface area contributed by atoms with Gasteiger partial charge in [-0.15, -0.1) is 0 Å². The van der Waals surface area contributed by atoms with Crippen molar-refractivity contribution in [2.75, 3.05) is 7.11 Å². The van der Waals surface area contributed by atoms with Crippen LogP contribution in [0.3, 0.4) is 0 Å². The first-order valence-electron chi connectivity index (χ1n) is 8.22. The zero-order chi connectivity index (χ0) is 19.0. The normalized spacial score (nSPS) is 25.4. The van der Waals surface area contributed by atoms with Crippen LogP contribution in [0, 0.1) is 22.0 Å². The van der Waals surface area contributed by atoms with E-state index in [1.165, 1.54) is 25.3 Å². The molecule has 1 aromatic rings. The van der Waals surface area contributed by atoms with Gasteiger partial charge in [-0.1, -0.05) is 19.1 Å². The number of ether oxygens (including phenoxy) is 1. The highest BCUT2D eigenvalue weighted by molar-refractivity contribution is 6.11. The van der Waals surface area contributed by atoms with Crippen molar-refractivity contribution in [3.63, 3.8) is 0 Å². The second kappa shape index (κ2) is 6.70. The van der Waals surface area contributed by atoms with Gasteiger partial charge in [0.25, 0.3) is 5.69 Å². The van der Waals surface area contributed by atoms with Gasteiger partial charge in [0.2, 0.25) is 5.91 Å². The number of allylic oxidation sites excluding steroid dienone is 2. The molecule has 1 heterocycles. The number of nitro groups is 1. The molecule has 1 amide bonds. The number of hydrogen-bond acceptors (Lipinski definition) is 6. The molecule has 1 aliphatic carbocycles. The molecule has 2 aliphatic rings. The van der Waals surface area contributed by atoms with E-state index in [4.69, 9.17) is 4.74 Å². The first kappa shape index (κ1) is 17.8. The lowest BCUT2D eigenvalue weighted by Gasteiger charge is -2.36. The molecule has 0 bridgehead atoms. The Bertz CT molecular complexity index is 844. The third kappa shape index (κ3) is 2.98. The molecule has 8 nitrogen and oxygen atoms in total. The molecule has 0 saturated carbocycles. The SMILES string of the molecule is COC(=O)[C@@H]1C(=O)C2=C(C[C@H]1C)NC(=O)C[C@H]2c1cccc([N+](=O)[O-])c1. The van der Waals surface area contributed by atoms with E-state index >= 15 is 0 Å². The van der Waals surface area contributed by atoms with Crippen molar-refractivity contribution in [1.29, 1.82) is 0 Å². The predicted octanol–water partition coefficient (Wildman–Crippen LogP) is 1.85. The van der Waals surface area contributed by atoms with Crippen molar-refractivity contribution >= 4 is 23.3 Å². The summed E-state index contributed by atoms with van der Waals surface area (Å²) in [5, 5.41) is 13.8. The molecular formula is C18H18N2O6. The highest BCUT2D eigenvalue weighted by Crippen LogP contribution is 2.42. The number of non-ortho nitro benzene ring substituents is 1. The van der Waals surface area contributed by atoms with Crippen molar-refractivity contribution < 1.29 is 24.0 Å². The fourth-order valence-electron chi connectivity index (χ4n) is 3.74. The molecule has 0 spiro atoms. The summed E-state index contributed by atoms with van der Waals surface area (Å²) in [6.45, 7) is 1.76. The lowest BCUT2D eigenvalue weighted by Crippen LogP contribution is -2.44. The van der Waals surface area contributed by atoms with E-state index in [9.17, 15) is 24.5 Å². The summed E-state index contributed by atoms with van der Waals surface area (Å²) < 4.78 is 4.76. The molecule has 1 aromatic carbocycles. The summed E-state index contributed by atoms with van der Waals surface area (Å²) in [6.07, 6.45) is 0.353. The Labute approximate surface area is 149 Å². The van der Waals surface area contributed by atoms with Crippen molar-refractivity contribution in [1.82, 2.24) is 5.32 Å². The van der Waals surface area contributed by atoms with Crippen LogP contribution in [0.2, 0.25) is 0 Å². The van der Waals surface area contributed by atoms with Crippen molar-refractivity contribution in [3.8, 4) is 0 Å². The minimum absolute atomic E-state index is 0.00594.